The molecule has 0 aliphatic carbocycles. The molecule has 8 heteroatoms. The van der Waals surface area contributed by atoms with Gasteiger partial charge in [-0.15, -0.1) is 11.3 Å². The Balaban J connectivity index is 1.55. The van der Waals surface area contributed by atoms with Crippen molar-refractivity contribution in [2.75, 3.05) is 13.1 Å². The lowest BCUT2D eigenvalue weighted by Gasteiger charge is -2.28. The van der Waals surface area contributed by atoms with Crippen molar-refractivity contribution >= 4 is 17.2 Å². The number of piperidine rings is 1. The Morgan fingerprint density at radius 1 is 1.57 bits per heavy atom. The van der Waals surface area contributed by atoms with Crippen LogP contribution in [0.1, 0.15) is 47.1 Å². The lowest BCUT2D eigenvalue weighted by molar-refractivity contribution is 0.0748. The fourth-order valence-electron chi connectivity index (χ4n) is 2.57. The third-order valence-corrected chi connectivity index (χ3v) is 4.86. The van der Waals surface area contributed by atoms with Gasteiger partial charge in [0, 0.05) is 30.7 Å². The van der Waals surface area contributed by atoms with E-state index in [1.54, 1.807) is 12.3 Å². The van der Waals surface area contributed by atoms with Gasteiger partial charge in [0.15, 0.2) is 11.5 Å². The molecule has 3 rings (SSSR count). The van der Waals surface area contributed by atoms with Gasteiger partial charge in [-0.25, -0.2) is 4.98 Å². The highest BCUT2D eigenvalue weighted by Gasteiger charge is 2.20. The second-order valence-corrected chi connectivity index (χ2v) is 6.68. The molecule has 1 unspecified atom stereocenters. The van der Waals surface area contributed by atoms with Crippen LogP contribution in [0.2, 0.25) is 0 Å². The van der Waals surface area contributed by atoms with Gasteiger partial charge in [0.25, 0.3) is 5.91 Å². The summed E-state index contributed by atoms with van der Waals surface area (Å²) >= 11 is 1.50. The number of aliphatic hydroxyl groups is 1. The maximum absolute atomic E-state index is 12.2. The number of nitrogens with one attached hydrogen (secondary N) is 1. The summed E-state index contributed by atoms with van der Waals surface area (Å²) in [5.74, 6) is 0.394. The quantitative estimate of drug-likeness (QED) is 0.861. The summed E-state index contributed by atoms with van der Waals surface area (Å²) < 4.78 is 5.26. The maximum Gasteiger partial charge on any atom is 0.274 e. The van der Waals surface area contributed by atoms with Crippen LogP contribution in [0, 0.1) is 0 Å². The number of carbonyl (C=O) groups excluding carboxylic acids is 1. The largest absolute Gasteiger partial charge is 0.393 e. The van der Waals surface area contributed by atoms with Gasteiger partial charge in [-0.3, -0.25) is 9.69 Å². The zero-order valence-electron chi connectivity index (χ0n) is 12.9. The minimum absolute atomic E-state index is 0.161. The lowest BCUT2D eigenvalue weighted by Crippen LogP contribution is -2.35. The second kappa shape index (κ2) is 7.20. The first kappa shape index (κ1) is 16.1. The molecule has 1 aliphatic rings. The molecule has 1 saturated heterocycles. The molecule has 1 aliphatic heterocycles. The summed E-state index contributed by atoms with van der Waals surface area (Å²) in [6, 6.07) is 1.51. The number of thiazole rings is 1. The van der Waals surface area contributed by atoms with Crippen molar-refractivity contribution in [3.8, 4) is 0 Å². The van der Waals surface area contributed by atoms with E-state index in [0.717, 1.165) is 30.9 Å². The zero-order valence-corrected chi connectivity index (χ0v) is 13.8. The summed E-state index contributed by atoms with van der Waals surface area (Å²) in [7, 11) is 0. The molecule has 1 amide bonds. The standard InChI is InChI=1S/C15H20N4O3S/c1-10(15-16-4-7-23-15)17-14(21)13-8-12(22-18-13)9-19-5-2-11(20)3-6-19/h4,7-8,10-11,20H,2-3,5-6,9H2,1H3,(H,17,21). The summed E-state index contributed by atoms with van der Waals surface area (Å²) in [6.45, 7) is 4.14. The minimum atomic E-state index is -0.267. The number of carbonyl (C=O) groups is 1. The first-order chi connectivity index (χ1) is 11.1. The predicted molar refractivity (Wildman–Crippen MR) is 85.0 cm³/mol. The average Bonchev–Trinajstić information content (AvgIpc) is 3.21. The van der Waals surface area contributed by atoms with Crippen LogP contribution in [0.25, 0.3) is 0 Å². The van der Waals surface area contributed by atoms with Crippen molar-refractivity contribution in [2.45, 2.75) is 38.5 Å². The number of rotatable bonds is 5. The number of hydrogen-bond acceptors (Lipinski definition) is 7. The van der Waals surface area contributed by atoms with E-state index in [9.17, 15) is 9.90 Å². The van der Waals surface area contributed by atoms with E-state index in [-0.39, 0.29) is 23.7 Å². The van der Waals surface area contributed by atoms with E-state index in [4.69, 9.17) is 4.52 Å². The molecule has 124 valence electrons. The highest BCUT2D eigenvalue weighted by atomic mass is 32.1. The molecule has 0 aromatic carbocycles. The van der Waals surface area contributed by atoms with Gasteiger partial charge >= 0.3 is 0 Å². The van der Waals surface area contributed by atoms with Crippen LogP contribution in [0.3, 0.4) is 0 Å². The molecule has 2 aromatic heterocycles. The highest BCUT2D eigenvalue weighted by Crippen LogP contribution is 2.17. The van der Waals surface area contributed by atoms with Crippen LogP contribution in [-0.2, 0) is 6.54 Å². The van der Waals surface area contributed by atoms with E-state index in [0.29, 0.717) is 12.3 Å². The summed E-state index contributed by atoms with van der Waals surface area (Å²) in [4.78, 5) is 18.6. The molecule has 3 heterocycles. The van der Waals surface area contributed by atoms with Crippen LogP contribution >= 0.6 is 11.3 Å². The molecule has 2 N–H and O–H groups in total. The van der Waals surface area contributed by atoms with Gasteiger partial charge in [0.2, 0.25) is 0 Å². The van der Waals surface area contributed by atoms with Gasteiger partial charge in [-0.2, -0.15) is 0 Å². The molecule has 2 aromatic rings. The van der Waals surface area contributed by atoms with Crippen molar-refractivity contribution < 1.29 is 14.4 Å². The number of likely N-dealkylation sites (tertiary alicyclic amines) is 1. The Kier molecular flexibility index (Phi) is 5.04. The van der Waals surface area contributed by atoms with Gasteiger partial charge in [0.05, 0.1) is 18.7 Å². The minimum Gasteiger partial charge on any atom is -0.393 e. The van der Waals surface area contributed by atoms with E-state index in [2.05, 4.69) is 20.4 Å². The van der Waals surface area contributed by atoms with Crippen LogP contribution in [0.4, 0.5) is 0 Å². The Morgan fingerprint density at radius 2 is 2.35 bits per heavy atom. The Hall–Kier alpha value is -1.77. The number of amides is 1. The molecular formula is C15H20N4O3S. The molecule has 0 saturated carbocycles. The third kappa shape index (κ3) is 4.15. The number of nitrogens with zero attached hydrogens (tertiary/aromatic N) is 3. The molecular weight excluding hydrogens is 316 g/mol. The van der Waals surface area contributed by atoms with Gasteiger partial charge in [-0.05, 0) is 19.8 Å². The molecule has 1 fully saturated rings. The van der Waals surface area contributed by atoms with E-state index in [1.165, 1.54) is 11.3 Å². The van der Waals surface area contributed by atoms with Crippen LogP contribution in [-0.4, -0.2) is 45.2 Å². The van der Waals surface area contributed by atoms with Crippen molar-refractivity contribution in [1.82, 2.24) is 20.4 Å². The summed E-state index contributed by atoms with van der Waals surface area (Å²) in [6.07, 6.45) is 3.06. The molecule has 1 atom stereocenters. The number of aliphatic hydroxyl groups excluding tert-OH is 1. The van der Waals surface area contributed by atoms with Crippen LogP contribution < -0.4 is 5.32 Å². The topological polar surface area (TPSA) is 91.5 Å². The molecule has 23 heavy (non-hydrogen) atoms. The van der Waals surface area contributed by atoms with E-state index < -0.39 is 0 Å². The monoisotopic (exact) mass is 336 g/mol. The SMILES string of the molecule is CC(NC(=O)c1cc(CN2CCC(O)CC2)on1)c1nccs1. The van der Waals surface area contributed by atoms with Crippen molar-refractivity contribution in [3.63, 3.8) is 0 Å². The van der Waals surface area contributed by atoms with Crippen molar-refractivity contribution in [2.24, 2.45) is 0 Å². The van der Waals surface area contributed by atoms with Crippen LogP contribution in [0.15, 0.2) is 22.2 Å². The van der Waals surface area contributed by atoms with Gasteiger partial charge in [-0.1, -0.05) is 5.16 Å². The highest BCUT2D eigenvalue weighted by molar-refractivity contribution is 7.09. The van der Waals surface area contributed by atoms with Gasteiger partial charge < -0.3 is 14.9 Å². The normalized spacial score (nSPS) is 18.0. The maximum atomic E-state index is 12.2. The number of aromatic nitrogens is 2. The van der Waals surface area contributed by atoms with E-state index >= 15 is 0 Å². The Morgan fingerprint density at radius 3 is 3.04 bits per heavy atom. The molecule has 7 nitrogen and oxygen atoms in total. The van der Waals surface area contributed by atoms with Crippen molar-refractivity contribution in [1.29, 1.82) is 0 Å². The van der Waals surface area contributed by atoms with Gasteiger partial charge in [0.1, 0.15) is 5.01 Å². The lowest BCUT2D eigenvalue weighted by atomic mass is 10.1. The molecule has 0 spiro atoms. The number of hydrogen-bond donors (Lipinski definition) is 2. The fourth-order valence-corrected chi connectivity index (χ4v) is 3.22. The van der Waals surface area contributed by atoms with E-state index in [1.807, 2.05) is 12.3 Å². The zero-order chi connectivity index (χ0) is 16.2. The summed E-state index contributed by atoms with van der Waals surface area (Å²) in [5.41, 5.74) is 0.278. The Bertz CT molecular complexity index is 635. The smallest absolute Gasteiger partial charge is 0.274 e. The summed E-state index contributed by atoms with van der Waals surface area (Å²) in [5, 5.41) is 19.0. The predicted octanol–water partition coefficient (Wildman–Crippen LogP) is 1.58. The first-order valence-corrected chi connectivity index (χ1v) is 8.56. The Labute approximate surface area is 138 Å². The second-order valence-electron chi connectivity index (χ2n) is 5.75. The first-order valence-electron chi connectivity index (χ1n) is 7.68. The third-order valence-electron chi connectivity index (χ3n) is 3.90. The average molecular weight is 336 g/mol. The molecule has 0 radical (unpaired) electrons. The fraction of sp³-hybridized carbons (Fsp3) is 0.533. The van der Waals surface area contributed by atoms with Crippen molar-refractivity contribution in [3.05, 3.63) is 34.1 Å². The van der Waals surface area contributed by atoms with Crippen LogP contribution in [0.5, 0.6) is 0 Å². The molecule has 0 bridgehead atoms.